The summed E-state index contributed by atoms with van der Waals surface area (Å²) in [4.78, 5) is 7.22. The molecule has 2 saturated carbocycles. The summed E-state index contributed by atoms with van der Waals surface area (Å²) in [5.41, 5.74) is 14.8. The predicted molar refractivity (Wildman–Crippen MR) is 273 cm³/mol. The molecule has 3 unspecified atom stereocenters. The van der Waals surface area contributed by atoms with Crippen molar-refractivity contribution in [1.29, 1.82) is 0 Å². The third-order valence-electron chi connectivity index (χ3n) is 14.0. The minimum atomic E-state index is 0.691. The molecule has 0 aliphatic heterocycles. The Labute approximate surface area is 381 Å². The van der Waals surface area contributed by atoms with E-state index >= 15 is 0 Å². The van der Waals surface area contributed by atoms with Crippen LogP contribution in [0, 0.1) is 11.8 Å². The van der Waals surface area contributed by atoms with Gasteiger partial charge in [-0.1, -0.05) is 128 Å². The average Bonchev–Trinajstić information content (AvgIpc) is 4.11. The second kappa shape index (κ2) is 16.7. The number of anilines is 9. The maximum absolute atomic E-state index is 2.46. The van der Waals surface area contributed by atoms with Gasteiger partial charge in [0.05, 0.1) is 16.7 Å². The van der Waals surface area contributed by atoms with Gasteiger partial charge in [-0.3, -0.25) is 0 Å². The van der Waals surface area contributed by atoms with Crippen LogP contribution in [0.2, 0.25) is 0 Å². The molecule has 0 saturated heterocycles. The molecule has 1 aromatic heterocycles. The lowest BCUT2D eigenvalue weighted by atomic mass is 9.83. The molecule has 314 valence electrons. The van der Waals surface area contributed by atoms with Crippen LogP contribution in [0.4, 0.5) is 51.2 Å². The zero-order valence-corrected chi connectivity index (χ0v) is 36.4. The number of hydrogen-bond acceptors (Lipinski definition) is 3. The zero-order valence-electron chi connectivity index (χ0n) is 36.4. The SMILES string of the molecule is c1ccc(N(c2ccccc2)c2cccc(N(c3cccc(N(c4ccccc4)c4ccc(C5CC6CCC5C6)cc4)c3)c3cccc4c3c3ccccc3n4-c3ccccc3)c2)cc1. The first-order valence-corrected chi connectivity index (χ1v) is 23.2. The fraction of sp³-hybridized carbons (Fsp3) is 0.115. The van der Waals surface area contributed by atoms with Crippen LogP contribution in [0.15, 0.2) is 237 Å². The Kier molecular flexibility index (Phi) is 9.98. The Balaban J connectivity index is 1.06. The normalized spacial score (nSPS) is 16.5. The average molecular weight is 839 g/mol. The summed E-state index contributed by atoms with van der Waals surface area (Å²) in [6, 6.07) is 86.1. The van der Waals surface area contributed by atoms with E-state index < -0.39 is 0 Å². The summed E-state index contributed by atoms with van der Waals surface area (Å²) in [5.74, 6) is 2.45. The van der Waals surface area contributed by atoms with E-state index in [9.17, 15) is 0 Å². The van der Waals surface area contributed by atoms with Crippen molar-refractivity contribution in [2.75, 3.05) is 14.7 Å². The van der Waals surface area contributed by atoms with Crippen LogP contribution in [-0.4, -0.2) is 4.57 Å². The summed E-state index contributed by atoms with van der Waals surface area (Å²) in [7, 11) is 0. The summed E-state index contributed by atoms with van der Waals surface area (Å²) in [6.45, 7) is 0. The van der Waals surface area contributed by atoms with E-state index in [0.29, 0.717) is 5.92 Å². The Morgan fingerprint density at radius 3 is 1.35 bits per heavy atom. The quantitative estimate of drug-likeness (QED) is 0.129. The first kappa shape index (κ1) is 38.8. The van der Waals surface area contributed by atoms with Gasteiger partial charge in [-0.15, -0.1) is 0 Å². The Bertz CT molecular complexity index is 3200. The molecule has 1 heterocycles. The van der Waals surface area contributed by atoms with Crippen molar-refractivity contribution in [1.82, 2.24) is 4.57 Å². The van der Waals surface area contributed by atoms with E-state index in [1.807, 2.05) is 0 Å². The zero-order chi connectivity index (χ0) is 43.1. The summed E-state index contributed by atoms with van der Waals surface area (Å²) < 4.78 is 2.41. The monoisotopic (exact) mass is 838 g/mol. The van der Waals surface area contributed by atoms with Gasteiger partial charge in [0.1, 0.15) is 0 Å². The molecule has 2 fully saturated rings. The lowest BCUT2D eigenvalue weighted by Crippen LogP contribution is -2.15. The Hall–Kier alpha value is -7.82. The van der Waals surface area contributed by atoms with Crippen molar-refractivity contribution in [3.05, 3.63) is 242 Å². The van der Waals surface area contributed by atoms with Gasteiger partial charge in [-0.05, 0) is 158 Å². The number of aromatic nitrogens is 1. The lowest BCUT2D eigenvalue weighted by molar-refractivity contribution is 0.420. The number of para-hydroxylation sites is 5. The molecule has 0 N–H and O–H groups in total. The lowest BCUT2D eigenvalue weighted by Gasteiger charge is -2.31. The minimum absolute atomic E-state index is 0.691. The molecule has 2 aliphatic carbocycles. The fourth-order valence-electron chi connectivity index (χ4n) is 11.2. The van der Waals surface area contributed by atoms with E-state index in [0.717, 1.165) is 74.2 Å². The molecular formula is C61H50N4. The van der Waals surface area contributed by atoms with Gasteiger partial charge < -0.3 is 19.3 Å². The molecule has 0 amide bonds. The molecule has 4 heteroatoms. The molecule has 0 radical (unpaired) electrons. The van der Waals surface area contributed by atoms with Gasteiger partial charge in [-0.2, -0.15) is 0 Å². The topological polar surface area (TPSA) is 14.7 Å². The third kappa shape index (κ3) is 7.12. The van der Waals surface area contributed by atoms with Crippen molar-refractivity contribution in [3.63, 3.8) is 0 Å². The maximum atomic E-state index is 2.46. The molecule has 12 rings (SSSR count). The molecular weight excluding hydrogens is 789 g/mol. The second-order valence-corrected chi connectivity index (χ2v) is 17.8. The number of rotatable bonds is 11. The van der Waals surface area contributed by atoms with Crippen molar-refractivity contribution in [3.8, 4) is 5.69 Å². The highest BCUT2D eigenvalue weighted by Crippen LogP contribution is 2.53. The first-order valence-electron chi connectivity index (χ1n) is 23.2. The summed E-state index contributed by atoms with van der Waals surface area (Å²) in [5, 5.41) is 2.40. The smallest absolute Gasteiger partial charge is 0.0562 e. The third-order valence-corrected chi connectivity index (χ3v) is 14.0. The molecule has 0 spiro atoms. The minimum Gasteiger partial charge on any atom is -0.310 e. The van der Waals surface area contributed by atoms with Crippen molar-refractivity contribution in [2.24, 2.45) is 11.8 Å². The van der Waals surface area contributed by atoms with Gasteiger partial charge in [0, 0.05) is 62.0 Å². The van der Waals surface area contributed by atoms with Gasteiger partial charge in [-0.25, -0.2) is 0 Å². The van der Waals surface area contributed by atoms with Crippen LogP contribution in [0.1, 0.15) is 37.2 Å². The number of fused-ring (bicyclic) bond motifs is 5. The molecule has 4 nitrogen and oxygen atoms in total. The standard InChI is InChI=1S/C61H50N4/c1-5-18-47(19-6-1)62(48-20-7-2-8-21-48)52-26-15-28-54(42-52)64(59-32-17-33-60-61(59)56-30-13-14-31-58(56)65(60)50-24-11-4-12-25-50)55-29-16-27-53(43-55)63(49-22-9-3-10-23-49)51-38-36-45(37-39-51)57-41-44-34-35-46(57)40-44/h1-33,36-39,42-44,46,57H,34-35,40-41H2. The molecule has 65 heavy (non-hydrogen) atoms. The van der Waals surface area contributed by atoms with E-state index in [2.05, 4.69) is 256 Å². The highest BCUT2D eigenvalue weighted by atomic mass is 15.2. The second-order valence-electron chi connectivity index (χ2n) is 17.8. The van der Waals surface area contributed by atoms with Crippen LogP contribution >= 0.6 is 0 Å². The summed E-state index contributed by atoms with van der Waals surface area (Å²) in [6.07, 6.45) is 5.56. The van der Waals surface area contributed by atoms with Gasteiger partial charge >= 0.3 is 0 Å². The van der Waals surface area contributed by atoms with Crippen LogP contribution in [-0.2, 0) is 0 Å². The van der Waals surface area contributed by atoms with Gasteiger partial charge in [0.25, 0.3) is 0 Å². The van der Waals surface area contributed by atoms with Crippen molar-refractivity contribution < 1.29 is 0 Å². The van der Waals surface area contributed by atoms with Gasteiger partial charge in [0.2, 0.25) is 0 Å². The summed E-state index contributed by atoms with van der Waals surface area (Å²) >= 11 is 0. The molecule has 3 atom stereocenters. The van der Waals surface area contributed by atoms with E-state index in [-0.39, 0.29) is 0 Å². The molecule has 9 aromatic carbocycles. The largest absolute Gasteiger partial charge is 0.310 e. The predicted octanol–water partition coefficient (Wildman–Crippen LogP) is 17.1. The van der Waals surface area contributed by atoms with Gasteiger partial charge in [0.15, 0.2) is 0 Å². The molecule has 10 aromatic rings. The molecule has 2 aliphatic rings. The van der Waals surface area contributed by atoms with Crippen LogP contribution in [0.3, 0.4) is 0 Å². The van der Waals surface area contributed by atoms with E-state index in [4.69, 9.17) is 0 Å². The van der Waals surface area contributed by atoms with Crippen molar-refractivity contribution >= 4 is 73.0 Å². The first-order chi connectivity index (χ1) is 32.2. The highest BCUT2D eigenvalue weighted by Gasteiger charge is 2.40. The maximum Gasteiger partial charge on any atom is 0.0562 e. The van der Waals surface area contributed by atoms with Crippen LogP contribution < -0.4 is 14.7 Å². The van der Waals surface area contributed by atoms with E-state index in [1.165, 1.54) is 47.5 Å². The van der Waals surface area contributed by atoms with Crippen LogP contribution in [0.25, 0.3) is 27.5 Å². The van der Waals surface area contributed by atoms with Crippen molar-refractivity contribution in [2.45, 2.75) is 31.6 Å². The Morgan fingerprint density at radius 1 is 0.354 bits per heavy atom. The Morgan fingerprint density at radius 2 is 0.815 bits per heavy atom. The number of nitrogens with zero attached hydrogens (tertiary/aromatic N) is 4. The number of benzene rings is 9. The molecule has 2 bridgehead atoms. The van der Waals surface area contributed by atoms with E-state index in [1.54, 1.807) is 0 Å². The number of hydrogen-bond donors (Lipinski definition) is 0. The van der Waals surface area contributed by atoms with Crippen LogP contribution in [0.5, 0.6) is 0 Å². The highest BCUT2D eigenvalue weighted by molar-refractivity contribution is 6.16. The fourth-order valence-corrected chi connectivity index (χ4v) is 11.2.